The summed E-state index contributed by atoms with van der Waals surface area (Å²) < 4.78 is 5.37. The van der Waals surface area contributed by atoms with Crippen LogP contribution in [0.1, 0.15) is 12.5 Å². The SMILES string of the molecule is Cc1ccc(N[C@H](C)C(=O)Nc2ccc(N3CCOCC3)cc2)cc1. The molecule has 1 fully saturated rings. The van der Waals surface area contributed by atoms with E-state index in [0.29, 0.717) is 0 Å². The Bertz CT molecular complexity index is 692. The van der Waals surface area contributed by atoms with Gasteiger partial charge < -0.3 is 20.3 Å². The van der Waals surface area contributed by atoms with Crippen molar-refractivity contribution in [2.24, 2.45) is 0 Å². The molecule has 1 amide bonds. The van der Waals surface area contributed by atoms with Gasteiger partial charge in [0.25, 0.3) is 0 Å². The van der Waals surface area contributed by atoms with Gasteiger partial charge in [-0.1, -0.05) is 17.7 Å². The summed E-state index contributed by atoms with van der Waals surface area (Å²) in [6, 6.07) is 15.7. The molecule has 1 atom stereocenters. The molecule has 2 aromatic rings. The molecule has 0 unspecified atom stereocenters. The number of nitrogens with one attached hydrogen (secondary N) is 2. The van der Waals surface area contributed by atoms with Crippen LogP contribution < -0.4 is 15.5 Å². The van der Waals surface area contributed by atoms with Crippen LogP contribution >= 0.6 is 0 Å². The summed E-state index contributed by atoms with van der Waals surface area (Å²) in [4.78, 5) is 14.7. The van der Waals surface area contributed by atoms with Gasteiger partial charge in [-0.05, 0) is 50.2 Å². The van der Waals surface area contributed by atoms with E-state index in [1.807, 2.05) is 62.4 Å². The number of hydrogen-bond donors (Lipinski definition) is 2. The zero-order valence-corrected chi connectivity index (χ0v) is 14.8. The molecule has 0 spiro atoms. The first-order valence-electron chi connectivity index (χ1n) is 8.68. The highest BCUT2D eigenvalue weighted by Gasteiger charge is 2.14. The number of rotatable bonds is 5. The van der Waals surface area contributed by atoms with E-state index in [2.05, 4.69) is 15.5 Å². The van der Waals surface area contributed by atoms with E-state index in [0.717, 1.165) is 43.4 Å². The Balaban J connectivity index is 1.55. The second kappa shape index (κ2) is 8.03. The Morgan fingerprint density at radius 1 is 1.00 bits per heavy atom. The highest BCUT2D eigenvalue weighted by molar-refractivity contribution is 5.96. The third-order valence-corrected chi connectivity index (χ3v) is 4.34. The largest absolute Gasteiger partial charge is 0.378 e. The Hall–Kier alpha value is -2.53. The van der Waals surface area contributed by atoms with E-state index in [1.54, 1.807) is 0 Å². The fourth-order valence-electron chi connectivity index (χ4n) is 2.79. The monoisotopic (exact) mass is 339 g/mol. The van der Waals surface area contributed by atoms with Crippen molar-refractivity contribution in [2.45, 2.75) is 19.9 Å². The molecule has 1 saturated heterocycles. The van der Waals surface area contributed by atoms with Crippen molar-refractivity contribution in [2.75, 3.05) is 41.8 Å². The predicted molar refractivity (Wildman–Crippen MR) is 102 cm³/mol. The van der Waals surface area contributed by atoms with Crippen molar-refractivity contribution in [3.63, 3.8) is 0 Å². The van der Waals surface area contributed by atoms with E-state index in [1.165, 1.54) is 5.56 Å². The third kappa shape index (κ3) is 4.73. The Kier molecular flexibility index (Phi) is 5.56. The van der Waals surface area contributed by atoms with Crippen LogP contribution in [0.4, 0.5) is 17.1 Å². The van der Waals surface area contributed by atoms with Crippen LogP contribution in [-0.2, 0) is 9.53 Å². The fourth-order valence-corrected chi connectivity index (χ4v) is 2.79. The zero-order valence-electron chi connectivity index (χ0n) is 14.8. The molecule has 3 rings (SSSR count). The molecule has 132 valence electrons. The molecule has 5 heteroatoms. The van der Waals surface area contributed by atoms with Gasteiger partial charge in [-0.3, -0.25) is 4.79 Å². The topological polar surface area (TPSA) is 53.6 Å². The number of benzene rings is 2. The van der Waals surface area contributed by atoms with Gasteiger partial charge in [0.2, 0.25) is 5.91 Å². The molecule has 5 nitrogen and oxygen atoms in total. The van der Waals surface area contributed by atoms with Crippen LogP contribution in [0.5, 0.6) is 0 Å². The summed E-state index contributed by atoms with van der Waals surface area (Å²) in [6.07, 6.45) is 0. The highest BCUT2D eigenvalue weighted by Crippen LogP contribution is 2.19. The van der Waals surface area contributed by atoms with Gasteiger partial charge in [-0.25, -0.2) is 0 Å². The number of amides is 1. The van der Waals surface area contributed by atoms with E-state index in [-0.39, 0.29) is 11.9 Å². The molecular formula is C20H25N3O2. The van der Waals surface area contributed by atoms with E-state index >= 15 is 0 Å². The molecule has 1 aliphatic rings. The van der Waals surface area contributed by atoms with Crippen LogP contribution in [0, 0.1) is 6.92 Å². The average molecular weight is 339 g/mol. The lowest BCUT2D eigenvalue weighted by atomic mass is 10.2. The number of hydrogen-bond acceptors (Lipinski definition) is 4. The first-order chi connectivity index (χ1) is 12.1. The quantitative estimate of drug-likeness (QED) is 0.878. The lowest BCUT2D eigenvalue weighted by Crippen LogP contribution is -2.36. The lowest BCUT2D eigenvalue weighted by Gasteiger charge is -2.29. The van der Waals surface area contributed by atoms with Crippen LogP contribution in [-0.4, -0.2) is 38.3 Å². The minimum absolute atomic E-state index is 0.0558. The first kappa shape index (κ1) is 17.3. The Labute approximate surface area is 149 Å². The fraction of sp³-hybridized carbons (Fsp3) is 0.350. The number of aryl methyl sites for hydroxylation is 1. The van der Waals surface area contributed by atoms with Gasteiger partial charge in [0.1, 0.15) is 6.04 Å². The molecule has 25 heavy (non-hydrogen) atoms. The van der Waals surface area contributed by atoms with Crippen LogP contribution in [0.2, 0.25) is 0 Å². The number of carbonyl (C=O) groups is 1. The summed E-state index contributed by atoms with van der Waals surface area (Å²) in [5.74, 6) is -0.0558. The summed E-state index contributed by atoms with van der Waals surface area (Å²) in [7, 11) is 0. The van der Waals surface area contributed by atoms with Gasteiger partial charge >= 0.3 is 0 Å². The number of carbonyl (C=O) groups excluding carboxylic acids is 1. The molecule has 1 heterocycles. The Morgan fingerprint density at radius 2 is 1.60 bits per heavy atom. The maximum atomic E-state index is 12.4. The molecule has 0 aromatic heterocycles. The number of nitrogens with zero attached hydrogens (tertiary/aromatic N) is 1. The summed E-state index contributed by atoms with van der Waals surface area (Å²) in [5, 5.41) is 6.18. The smallest absolute Gasteiger partial charge is 0.246 e. The number of ether oxygens (including phenoxy) is 1. The minimum Gasteiger partial charge on any atom is -0.378 e. The zero-order chi connectivity index (χ0) is 17.6. The standard InChI is InChI=1S/C20H25N3O2/c1-15-3-5-17(6-4-15)21-16(2)20(24)22-18-7-9-19(10-8-18)23-11-13-25-14-12-23/h3-10,16,21H,11-14H2,1-2H3,(H,22,24)/t16-/m1/s1. The van der Waals surface area contributed by atoms with Crippen LogP contribution in [0.25, 0.3) is 0 Å². The lowest BCUT2D eigenvalue weighted by molar-refractivity contribution is -0.116. The molecule has 0 bridgehead atoms. The van der Waals surface area contributed by atoms with Crippen molar-refractivity contribution in [3.05, 3.63) is 54.1 Å². The van der Waals surface area contributed by atoms with Crippen LogP contribution in [0.15, 0.2) is 48.5 Å². The van der Waals surface area contributed by atoms with E-state index in [4.69, 9.17) is 4.74 Å². The minimum atomic E-state index is -0.318. The van der Waals surface area contributed by atoms with Gasteiger partial charge in [0.05, 0.1) is 13.2 Å². The second-order valence-electron chi connectivity index (χ2n) is 6.37. The highest BCUT2D eigenvalue weighted by atomic mass is 16.5. The molecule has 2 aromatic carbocycles. The average Bonchev–Trinajstić information content (AvgIpc) is 2.65. The maximum absolute atomic E-state index is 12.4. The number of morpholine rings is 1. The van der Waals surface area contributed by atoms with Crippen LogP contribution in [0.3, 0.4) is 0 Å². The summed E-state index contributed by atoms with van der Waals surface area (Å²) in [6.45, 7) is 7.24. The molecule has 2 N–H and O–H groups in total. The summed E-state index contributed by atoms with van der Waals surface area (Å²) >= 11 is 0. The number of anilines is 3. The van der Waals surface area contributed by atoms with Crippen molar-refractivity contribution < 1.29 is 9.53 Å². The van der Waals surface area contributed by atoms with Gasteiger partial charge in [0, 0.05) is 30.2 Å². The molecule has 0 aliphatic carbocycles. The maximum Gasteiger partial charge on any atom is 0.246 e. The van der Waals surface area contributed by atoms with Crippen molar-refractivity contribution >= 4 is 23.0 Å². The molecule has 1 aliphatic heterocycles. The Morgan fingerprint density at radius 3 is 2.24 bits per heavy atom. The normalized spacial score (nSPS) is 15.5. The molecule has 0 saturated carbocycles. The van der Waals surface area contributed by atoms with Crippen molar-refractivity contribution in [1.82, 2.24) is 0 Å². The molecular weight excluding hydrogens is 314 g/mol. The van der Waals surface area contributed by atoms with Gasteiger partial charge in [-0.15, -0.1) is 0 Å². The van der Waals surface area contributed by atoms with E-state index < -0.39 is 0 Å². The van der Waals surface area contributed by atoms with Gasteiger partial charge in [0.15, 0.2) is 0 Å². The first-order valence-corrected chi connectivity index (χ1v) is 8.68. The van der Waals surface area contributed by atoms with E-state index in [9.17, 15) is 4.79 Å². The second-order valence-corrected chi connectivity index (χ2v) is 6.37. The third-order valence-electron chi connectivity index (χ3n) is 4.34. The molecule has 0 radical (unpaired) electrons. The summed E-state index contributed by atoms with van der Waals surface area (Å²) in [5.41, 5.74) is 4.10. The van der Waals surface area contributed by atoms with Crippen molar-refractivity contribution in [3.8, 4) is 0 Å². The predicted octanol–water partition coefficient (Wildman–Crippen LogP) is 3.27. The van der Waals surface area contributed by atoms with Crippen molar-refractivity contribution in [1.29, 1.82) is 0 Å². The van der Waals surface area contributed by atoms with Gasteiger partial charge in [-0.2, -0.15) is 0 Å².